The van der Waals surface area contributed by atoms with Crippen LogP contribution >= 0.6 is 11.6 Å². The predicted molar refractivity (Wildman–Crippen MR) is 169 cm³/mol. The SMILES string of the molecule is COc1cc2ccc(Oc3ccc(Cl)c(NS(=O)(=O)c4ccccc4OC(F)(F)F)c3)nc2cc1OCCCN1CCC(C)CC1. The Morgan fingerprint density at radius 1 is 1.00 bits per heavy atom. The van der Waals surface area contributed by atoms with Crippen molar-refractivity contribution >= 4 is 38.2 Å². The Hall–Kier alpha value is -3.94. The van der Waals surface area contributed by atoms with Gasteiger partial charge in [0.05, 0.1) is 29.9 Å². The number of sulfonamides is 1. The highest BCUT2D eigenvalue weighted by Gasteiger charge is 2.34. The molecule has 0 saturated carbocycles. The predicted octanol–water partition coefficient (Wildman–Crippen LogP) is 7.89. The number of hydrogen-bond acceptors (Lipinski definition) is 8. The Kier molecular flexibility index (Phi) is 10.3. The summed E-state index contributed by atoms with van der Waals surface area (Å²) in [5, 5.41) is 0.767. The lowest BCUT2D eigenvalue weighted by molar-refractivity contribution is -0.275. The fraction of sp³-hybridized carbons (Fsp3) is 0.344. The van der Waals surface area contributed by atoms with E-state index in [-0.39, 0.29) is 22.3 Å². The molecule has 5 rings (SSSR count). The number of aromatic nitrogens is 1. The number of fused-ring (bicyclic) bond motifs is 1. The van der Waals surface area contributed by atoms with Gasteiger partial charge in [0.1, 0.15) is 16.4 Å². The van der Waals surface area contributed by atoms with E-state index >= 15 is 0 Å². The lowest BCUT2D eigenvalue weighted by Gasteiger charge is -2.30. The summed E-state index contributed by atoms with van der Waals surface area (Å²) >= 11 is 6.23. The van der Waals surface area contributed by atoms with Crippen molar-refractivity contribution in [1.82, 2.24) is 9.88 Å². The topological polar surface area (TPSA) is 99.2 Å². The molecule has 2 heterocycles. The van der Waals surface area contributed by atoms with Crippen molar-refractivity contribution in [3.8, 4) is 28.9 Å². The van der Waals surface area contributed by atoms with Gasteiger partial charge < -0.3 is 23.8 Å². The fourth-order valence-electron chi connectivity index (χ4n) is 5.05. The number of alkyl halides is 3. The number of nitrogens with zero attached hydrogens (tertiary/aromatic N) is 2. The number of piperidine rings is 1. The third kappa shape index (κ3) is 8.65. The zero-order valence-corrected chi connectivity index (χ0v) is 26.7. The molecular weight excluding hydrogens is 647 g/mol. The maximum Gasteiger partial charge on any atom is 0.573 e. The van der Waals surface area contributed by atoms with E-state index in [1.165, 1.54) is 43.2 Å². The second kappa shape index (κ2) is 14.2. The Bertz CT molecular complexity index is 1780. The van der Waals surface area contributed by atoms with Crippen molar-refractivity contribution in [3.63, 3.8) is 0 Å². The van der Waals surface area contributed by atoms with Gasteiger partial charge in [-0.2, -0.15) is 0 Å². The van der Waals surface area contributed by atoms with Gasteiger partial charge in [0.15, 0.2) is 11.5 Å². The van der Waals surface area contributed by atoms with E-state index in [1.807, 2.05) is 6.07 Å². The first-order valence-electron chi connectivity index (χ1n) is 14.6. The first-order chi connectivity index (χ1) is 21.9. The molecule has 1 fully saturated rings. The van der Waals surface area contributed by atoms with Gasteiger partial charge in [0.2, 0.25) is 5.88 Å². The second-order valence-corrected chi connectivity index (χ2v) is 13.0. The number of anilines is 1. The summed E-state index contributed by atoms with van der Waals surface area (Å²) in [5.74, 6) is 1.39. The molecule has 0 bridgehead atoms. The molecular formula is C32H33ClF3N3O6S. The Labute approximate surface area is 270 Å². The monoisotopic (exact) mass is 679 g/mol. The first kappa shape index (κ1) is 33.4. The highest BCUT2D eigenvalue weighted by atomic mass is 35.5. The van der Waals surface area contributed by atoms with Gasteiger partial charge in [-0.3, -0.25) is 4.72 Å². The summed E-state index contributed by atoms with van der Waals surface area (Å²) in [6, 6.07) is 15.6. The number of hydrogen-bond donors (Lipinski definition) is 1. The van der Waals surface area contributed by atoms with E-state index < -0.39 is 27.0 Å². The second-order valence-electron chi connectivity index (χ2n) is 10.9. The van der Waals surface area contributed by atoms with Gasteiger partial charge in [0.25, 0.3) is 10.0 Å². The quantitative estimate of drug-likeness (QED) is 0.151. The third-order valence-electron chi connectivity index (χ3n) is 7.47. The lowest BCUT2D eigenvalue weighted by Crippen LogP contribution is -2.34. The number of methoxy groups -OCH3 is 1. The molecule has 0 radical (unpaired) electrons. The molecule has 4 aromatic rings. The van der Waals surface area contributed by atoms with Crippen molar-refractivity contribution in [2.75, 3.05) is 38.1 Å². The van der Waals surface area contributed by atoms with E-state index in [0.29, 0.717) is 23.6 Å². The maximum atomic E-state index is 13.1. The minimum atomic E-state index is -5.09. The highest BCUT2D eigenvalue weighted by molar-refractivity contribution is 7.92. The summed E-state index contributed by atoms with van der Waals surface area (Å²) in [5.41, 5.74) is 0.454. The number of pyridine rings is 1. The van der Waals surface area contributed by atoms with E-state index in [1.54, 1.807) is 25.3 Å². The molecule has 0 amide bonds. The fourth-order valence-corrected chi connectivity index (χ4v) is 6.47. The zero-order valence-electron chi connectivity index (χ0n) is 25.1. The van der Waals surface area contributed by atoms with E-state index in [2.05, 4.69) is 26.3 Å². The van der Waals surface area contributed by atoms with Crippen molar-refractivity contribution in [1.29, 1.82) is 0 Å². The van der Waals surface area contributed by atoms with Crippen molar-refractivity contribution in [2.24, 2.45) is 5.92 Å². The number of ether oxygens (including phenoxy) is 4. The Balaban J connectivity index is 1.29. The summed E-state index contributed by atoms with van der Waals surface area (Å²) in [6.45, 7) is 5.99. The molecule has 1 N–H and O–H groups in total. The number of halogens is 4. The molecule has 0 unspecified atom stereocenters. The maximum absolute atomic E-state index is 13.1. The molecule has 0 spiro atoms. The van der Waals surface area contributed by atoms with Crippen molar-refractivity contribution < 1.29 is 40.5 Å². The average Bonchev–Trinajstić information content (AvgIpc) is 3.00. The van der Waals surface area contributed by atoms with Gasteiger partial charge in [-0.05, 0) is 74.7 Å². The molecule has 9 nitrogen and oxygen atoms in total. The van der Waals surface area contributed by atoms with Crippen LogP contribution in [0.3, 0.4) is 0 Å². The molecule has 1 aromatic heterocycles. The van der Waals surface area contributed by atoms with Gasteiger partial charge in [-0.25, -0.2) is 13.4 Å². The van der Waals surface area contributed by atoms with Crippen LogP contribution in [0, 0.1) is 5.92 Å². The standard InChI is InChI=1S/C32H33ClF3N3O6S/c1-21-12-15-39(16-13-21)14-5-17-43-29-20-25-22(18-28(29)42-2)8-11-31(37-25)44-23-9-10-24(33)26(19-23)38-46(40,41)30-7-4-3-6-27(30)45-32(34,35)36/h3-4,6-11,18-21,38H,5,12-17H2,1-2H3. The summed E-state index contributed by atoms with van der Waals surface area (Å²) in [4.78, 5) is 6.31. The normalized spacial score (nSPS) is 14.7. The van der Waals surface area contributed by atoms with E-state index in [9.17, 15) is 21.6 Å². The highest BCUT2D eigenvalue weighted by Crippen LogP contribution is 2.36. The molecule has 0 atom stereocenters. The van der Waals surface area contributed by atoms with Crippen molar-refractivity contribution in [2.45, 2.75) is 37.4 Å². The van der Waals surface area contributed by atoms with E-state index in [4.69, 9.17) is 25.8 Å². The van der Waals surface area contributed by atoms with E-state index in [0.717, 1.165) is 49.5 Å². The molecule has 0 aliphatic carbocycles. The average molecular weight is 680 g/mol. The third-order valence-corrected chi connectivity index (χ3v) is 9.21. The number of benzene rings is 3. The number of likely N-dealkylation sites (tertiary alicyclic amines) is 1. The van der Waals surface area contributed by atoms with Crippen LogP contribution in [0.15, 0.2) is 71.6 Å². The zero-order chi connectivity index (χ0) is 32.9. The first-order valence-corrected chi connectivity index (χ1v) is 16.5. The summed E-state index contributed by atoms with van der Waals surface area (Å²) in [6.07, 6.45) is -1.78. The smallest absolute Gasteiger partial charge is 0.493 e. The number of nitrogens with one attached hydrogen (secondary N) is 1. The van der Waals surface area contributed by atoms with Gasteiger partial charge in [-0.1, -0.05) is 30.7 Å². The molecule has 1 saturated heterocycles. The lowest BCUT2D eigenvalue weighted by atomic mass is 9.99. The van der Waals surface area contributed by atoms with Crippen LogP contribution in [0.1, 0.15) is 26.2 Å². The van der Waals surface area contributed by atoms with Crippen LogP contribution in [0.5, 0.6) is 28.9 Å². The van der Waals surface area contributed by atoms with Crippen LogP contribution in [0.2, 0.25) is 5.02 Å². The molecule has 14 heteroatoms. The van der Waals surface area contributed by atoms with Gasteiger partial charge in [-0.15, -0.1) is 13.2 Å². The summed E-state index contributed by atoms with van der Waals surface area (Å²) in [7, 11) is -2.97. The minimum Gasteiger partial charge on any atom is -0.493 e. The van der Waals surface area contributed by atoms with Crippen LogP contribution in [-0.4, -0.2) is 58.0 Å². The molecule has 46 heavy (non-hydrogen) atoms. The van der Waals surface area contributed by atoms with Crippen LogP contribution in [-0.2, 0) is 10.0 Å². The Morgan fingerprint density at radius 2 is 1.76 bits per heavy atom. The van der Waals surface area contributed by atoms with Crippen LogP contribution in [0.4, 0.5) is 18.9 Å². The largest absolute Gasteiger partial charge is 0.573 e. The number of para-hydroxylation sites is 1. The Morgan fingerprint density at radius 3 is 2.50 bits per heavy atom. The minimum absolute atomic E-state index is 0.0136. The van der Waals surface area contributed by atoms with Crippen LogP contribution in [0.25, 0.3) is 10.9 Å². The van der Waals surface area contributed by atoms with Crippen molar-refractivity contribution in [3.05, 3.63) is 71.8 Å². The molecule has 1 aliphatic rings. The van der Waals surface area contributed by atoms with Gasteiger partial charge >= 0.3 is 6.36 Å². The number of rotatable bonds is 12. The molecule has 3 aromatic carbocycles. The summed E-state index contributed by atoms with van der Waals surface area (Å²) < 4.78 is 88.3. The molecule has 246 valence electrons. The molecule has 1 aliphatic heterocycles. The van der Waals surface area contributed by atoms with Gasteiger partial charge in [0, 0.05) is 30.1 Å². The van der Waals surface area contributed by atoms with Crippen LogP contribution < -0.4 is 23.7 Å².